The van der Waals surface area contributed by atoms with Gasteiger partial charge in [0.1, 0.15) is 17.3 Å². The van der Waals surface area contributed by atoms with Crippen LogP contribution in [-0.4, -0.2) is 40.7 Å². The lowest BCUT2D eigenvalue weighted by Crippen LogP contribution is -2.36. The molecule has 1 aliphatic rings. The molecule has 3 heterocycles. The predicted octanol–water partition coefficient (Wildman–Crippen LogP) is 4.21. The van der Waals surface area contributed by atoms with Gasteiger partial charge in [0.15, 0.2) is 5.65 Å². The Morgan fingerprint density at radius 1 is 0.821 bits per heavy atom. The SMILES string of the molecule is Cc1cc(N2CCOCC2)nc2c(-c3ccccc3)nc(-c3ccccc3)n12. The molecule has 4 aromatic rings. The van der Waals surface area contributed by atoms with Gasteiger partial charge < -0.3 is 9.64 Å². The molecule has 1 aliphatic heterocycles. The van der Waals surface area contributed by atoms with E-state index >= 15 is 0 Å². The second-order valence-electron chi connectivity index (χ2n) is 7.03. The molecule has 0 unspecified atom stereocenters. The maximum absolute atomic E-state index is 5.51. The first-order valence-corrected chi connectivity index (χ1v) is 9.65. The molecule has 28 heavy (non-hydrogen) atoms. The summed E-state index contributed by atoms with van der Waals surface area (Å²) in [6.07, 6.45) is 0. The van der Waals surface area contributed by atoms with Crippen LogP contribution < -0.4 is 4.90 Å². The Labute approximate surface area is 164 Å². The van der Waals surface area contributed by atoms with Gasteiger partial charge in [0.25, 0.3) is 0 Å². The predicted molar refractivity (Wildman–Crippen MR) is 112 cm³/mol. The molecule has 2 aromatic carbocycles. The molecule has 1 fully saturated rings. The number of aryl methyl sites for hydroxylation is 1. The fourth-order valence-corrected chi connectivity index (χ4v) is 3.77. The molecule has 1 saturated heterocycles. The van der Waals surface area contributed by atoms with Crippen molar-refractivity contribution in [2.75, 3.05) is 31.2 Å². The van der Waals surface area contributed by atoms with Crippen LogP contribution in [0.3, 0.4) is 0 Å². The highest BCUT2D eigenvalue weighted by atomic mass is 16.5. The molecule has 0 atom stereocenters. The maximum atomic E-state index is 5.51. The van der Waals surface area contributed by atoms with E-state index in [4.69, 9.17) is 14.7 Å². The second-order valence-corrected chi connectivity index (χ2v) is 7.03. The van der Waals surface area contributed by atoms with E-state index in [0.717, 1.165) is 66.1 Å². The van der Waals surface area contributed by atoms with Crippen LogP contribution in [0, 0.1) is 6.92 Å². The Balaban J connectivity index is 1.76. The molecule has 0 amide bonds. The van der Waals surface area contributed by atoms with Crippen LogP contribution >= 0.6 is 0 Å². The van der Waals surface area contributed by atoms with Crippen molar-refractivity contribution in [2.24, 2.45) is 0 Å². The van der Waals surface area contributed by atoms with E-state index in [1.807, 2.05) is 36.4 Å². The van der Waals surface area contributed by atoms with Gasteiger partial charge in [0, 0.05) is 36.0 Å². The molecule has 5 rings (SSSR count). The molecule has 0 spiro atoms. The number of hydrogen-bond acceptors (Lipinski definition) is 4. The van der Waals surface area contributed by atoms with E-state index in [9.17, 15) is 0 Å². The van der Waals surface area contributed by atoms with Gasteiger partial charge in [-0.25, -0.2) is 9.97 Å². The highest BCUT2D eigenvalue weighted by Gasteiger charge is 2.20. The number of ether oxygens (including phenoxy) is 1. The number of rotatable bonds is 3. The summed E-state index contributed by atoms with van der Waals surface area (Å²) in [5, 5.41) is 0. The Hall–Kier alpha value is -3.18. The van der Waals surface area contributed by atoms with Crippen molar-refractivity contribution >= 4 is 11.5 Å². The molecule has 140 valence electrons. The highest BCUT2D eigenvalue weighted by molar-refractivity contribution is 5.80. The van der Waals surface area contributed by atoms with Crippen molar-refractivity contribution < 1.29 is 4.74 Å². The molecule has 0 radical (unpaired) electrons. The first-order chi connectivity index (χ1) is 13.8. The van der Waals surface area contributed by atoms with E-state index in [1.54, 1.807) is 0 Å². The number of aromatic nitrogens is 3. The molecule has 2 aromatic heterocycles. The van der Waals surface area contributed by atoms with Crippen LogP contribution in [0.5, 0.6) is 0 Å². The minimum Gasteiger partial charge on any atom is -0.378 e. The third kappa shape index (κ3) is 2.94. The Morgan fingerprint density at radius 2 is 1.46 bits per heavy atom. The van der Waals surface area contributed by atoms with Gasteiger partial charge in [0.2, 0.25) is 0 Å². The molecule has 0 N–H and O–H groups in total. The van der Waals surface area contributed by atoms with Gasteiger partial charge in [-0.15, -0.1) is 0 Å². The van der Waals surface area contributed by atoms with Crippen LogP contribution in [0.25, 0.3) is 28.3 Å². The molecule has 0 saturated carbocycles. The zero-order valence-corrected chi connectivity index (χ0v) is 15.9. The first kappa shape index (κ1) is 17.0. The number of fused-ring (bicyclic) bond motifs is 1. The van der Waals surface area contributed by atoms with Crippen LogP contribution in [0.1, 0.15) is 5.69 Å². The van der Waals surface area contributed by atoms with Gasteiger partial charge in [-0.1, -0.05) is 60.7 Å². The van der Waals surface area contributed by atoms with Crippen molar-refractivity contribution in [3.63, 3.8) is 0 Å². The topological polar surface area (TPSA) is 42.7 Å². The van der Waals surface area contributed by atoms with Crippen LogP contribution in [0.4, 0.5) is 5.82 Å². The minimum absolute atomic E-state index is 0.742. The lowest BCUT2D eigenvalue weighted by molar-refractivity contribution is 0.122. The quantitative estimate of drug-likeness (QED) is 0.542. The molecule has 5 nitrogen and oxygen atoms in total. The van der Waals surface area contributed by atoms with E-state index in [2.05, 4.69) is 46.6 Å². The van der Waals surface area contributed by atoms with Gasteiger partial charge >= 0.3 is 0 Å². The number of benzene rings is 2. The maximum Gasteiger partial charge on any atom is 0.167 e. The van der Waals surface area contributed by atoms with E-state index in [-0.39, 0.29) is 0 Å². The van der Waals surface area contributed by atoms with Crippen LogP contribution in [-0.2, 0) is 4.74 Å². The zero-order chi connectivity index (χ0) is 18.9. The summed E-state index contributed by atoms with van der Waals surface area (Å²) < 4.78 is 7.68. The summed E-state index contributed by atoms with van der Waals surface area (Å²) in [5.41, 5.74) is 5.10. The summed E-state index contributed by atoms with van der Waals surface area (Å²) in [5.74, 6) is 1.91. The van der Waals surface area contributed by atoms with Crippen LogP contribution in [0.15, 0.2) is 66.7 Å². The fourth-order valence-electron chi connectivity index (χ4n) is 3.77. The number of nitrogens with zero attached hydrogens (tertiary/aromatic N) is 4. The lowest BCUT2D eigenvalue weighted by Gasteiger charge is -2.28. The molecule has 0 aliphatic carbocycles. The van der Waals surface area contributed by atoms with Crippen molar-refractivity contribution in [3.05, 3.63) is 72.4 Å². The van der Waals surface area contributed by atoms with Crippen molar-refractivity contribution in [1.82, 2.24) is 14.4 Å². The highest BCUT2D eigenvalue weighted by Crippen LogP contribution is 2.31. The first-order valence-electron chi connectivity index (χ1n) is 9.65. The van der Waals surface area contributed by atoms with Gasteiger partial charge in [-0.05, 0) is 6.92 Å². The number of morpholine rings is 1. The minimum atomic E-state index is 0.742. The van der Waals surface area contributed by atoms with Gasteiger partial charge in [-0.2, -0.15) is 0 Å². The van der Waals surface area contributed by atoms with Gasteiger partial charge in [0.05, 0.1) is 13.2 Å². The zero-order valence-electron chi connectivity index (χ0n) is 15.9. The Kier molecular flexibility index (Phi) is 4.29. The van der Waals surface area contributed by atoms with Gasteiger partial charge in [-0.3, -0.25) is 4.40 Å². The standard InChI is InChI=1S/C23H22N4O/c1-17-16-20(26-12-14-28-15-13-26)24-23-21(18-8-4-2-5-9-18)25-22(27(17)23)19-10-6-3-7-11-19/h2-11,16H,12-15H2,1H3. The molecular formula is C23H22N4O. The second kappa shape index (κ2) is 7.09. The van der Waals surface area contributed by atoms with Crippen molar-refractivity contribution in [1.29, 1.82) is 0 Å². The Bertz CT molecular complexity index is 1100. The van der Waals surface area contributed by atoms with E-state index in [0.29, 0.717) is 0 Å². The van der Waals surface area contributed by atoms with E-state index in [1.165, 1.54) is 0 Å². The average molecular weight is 370 g/mol. The summed E-state index contributed by atoms with van der Waals surface area (Å²) in [6.45, 7) is 5.34. The summed E-state index contributed by atoms with van der Waals surface area (Å²) in [7, 11) is 0. The fraction of sp³-hybridized carbons (Fsp3) is 0.217. The van der Waals surface area contributed by atoms with E-state index < -0.39 is 0 Å². The van der Waals surface area contributed by atoms with Crippen molar-refractivity contribution in [2.45, 2.75) is 6.92 Å². The number of imidazole rings is 1. The normalized spacial score (nSPS) is 14.5. The third-order valence-electron chi connectivity index (χ3n) is 5.18. The summed E-state index contributed by atoms with van der Waals surface area (Å²) >= 11 is 0. The molecular weight excluding hydrogens is 348 g/mol. The summed E-state index contributed by atoms with van der Waals surface area (Å²) in [4.78, 5) is 12.4. The monoisotopic (exact) mass is 370 g/mol. The van der Waals surface area contributed by atoms with Crippen molar-refractivity contribution in [3.8, 4) is 22.6 Å². The number of anilines is 1. The summed E-state index contributed by atoms with van der Waals surface area (Å²) in [6, 6.07) is 22.8. The Morgan fingerprint density at radius 3 is 2.14 bits per heavy atom. The molecule has 0 bridgehead atoms. The molecule has 5 heteroatoms. The smallest absolute Gasteiger partial charge is 0.167 e. The number of hydrogen-bond donors (Lipinski definition) is 0. The third-order valence-corrected chi connectivity index (χ3v) is 5.18. The van der Waals surface area contributed by atoms with Crippen LogP contribution in [0.2, 0.25) is 0 Å². The largest absolute Gasteiger partial charge is 0.378 e. The lowest BCUT2D eigenvalue weighted by atomic mass is 10.1. The average Bonchev–Trinajstić information content (AvgIpc) is 3.16.